The van der Waals surface area contributed by atoms with Gasteiger partial charge < -0.3 is 15.5 Å². The van der Waals surface area contributed by atoms with Gasteiger partial charge in [0.15, 0.2) is 0 Å². The lowest BCUT2D eigenvalue weighted by Crippen LogP contribution is -2.17. The van der Waals surface area contributed by atoms with Crippen LogP contribution in [-0.2, 0) is 9.59 Å². The first kappa shape index (κ1) is 13.4. The van der Waals surface area contributed by atoms with E-state index in [1.54, 1.807) is 0 Å². The first-order valence-corrected chi connectivity index (χ1v) is 5.84. The van der Waals surface area contributed by atoms with Crippen LogP contribution in [0.5, 0.6) is 0 Å². The third kappa shape index (κ3) is 4.36. The summed E-state index contributed by atoms with van der Waals surface area (Å²) in [7, 11) is 0. The summed E-state index contributed by atoms with van der Waals surface area (Å²) in [5.74, 6) is -3.65. The first-order chi connectivity index (χ1) is 8.00. The Balaban J connectivity index is 0.000000209. The van der Waals surface area contributed by atoms with E-state index in [1.165, 1.54) is 10.6 Å². The minimum absolute atomic E-state index is 0.699. The van der Waals surface area contributed by atoms with Crippen molar-refractivity contribution in [3.05, 3.63) is 24.3 Å². The summed E-state index contributed by atoms with van der Waals surface area (Å²) in [6.45, 7) is 3.33. The zero-order valence-corrected chi connectivity index (χ0v) is 10.0. The Morgan fingerprint density at radius 2 is 1.88 bits per heavy atom. The number of benzene rings is 1. The van der Waals surface area contributed by atoms with Crippen molar-refractivity contribution in [1.82, 2.24) is 0 Å². The number of hydrogen-bond donors (Lipinski definition) is 3. The fourth-order valence-electron chi connectivity index (χ4n) is 1.23. The van der Waals surface area contributed by atoms with Gasteiger partial charge in [-0.2, -0.15) is 0 Å². The van der Waals surface area contributed by atoms with Crippen LogP contribution in [0.2, 0.25) is 0 Å². The highest BCUT2D eigenvalue weighted by molar-refractivity contribution is 8.00. The zero-order chi connectivity index (χ0) is 12.8. The highest BCUT2D eigenvalue weighted by Gasteiger charge is 2.13. The molecule has 2 rings (SSSR count). The fraction of sp³-hybridized carbons (Fsp3) is 0.273. The van der Waals surface area contributed by atoms with Gasteiger partial charge in [0.05, 0.1) is 0 Å². The van der Waals surface area contributed by atoms with Crippen molar-refractivity contribution in [3.63, 3.8) is 0 Å². The van der Waals surface area contributed by atoms with E-state index < -0.39 is 11.9 Å². The molecule has 0 saturated heterocycles. The number of hydrogen-bond acceptors (Lipinski definition) is 4. The van der Waals surface area contributed by atoms with Crippen molar-refractivity contribution in [2.24, 2.45) is 0 Å². The molecule has 0 radical (unpaired) electrons. The van der Waals surface area contributed by atoms with Crippen LogP contribution < -0.4 is 5.32 Å². The van der Waals surface area contributed by atoms with E-state index in [9.17, 15) is 0 Å². The second-order valence-electron chi connectivity index (χ2n) is 3.42. The van der Waals surface area contributed by atoms with Crippen LogP contribution in [0.4, 0.5) is 5.69 Å². The Labute approximate surface area is 103 Å². The lowest BCUT2D eigenvalue weighted by molar-refractivity contribution is -0.159. The van der Waals surface area contributed by atoms with Gasteiger partial charge in [-0.3, -0.25) is 0 Å². The topological polar surface area (TPSA) is 86.6 Å². The second-order valence-corrected chi connectivity index (χ2v) is 4.90. The number of anilines is 1. The minimum atomic E-state index is -1.82. The highest BCUT2D eigenvalue weighted by atomic mass is 32.2. The maximum atomic E-state index is 9.10. The van der Waals surface area contributed by atoms with Crippen molar-refractivity contribution in [2.45, 2.75) is 17.1 Å². The molecule has 3 N–H and O–H groups in total. The molecule has 1 aliphatic rings. The van der Waals surface area contributed by atoms with Gasteiger partial charge in [0, 0.05) is 22.4 Å². The monoisotopic (exact) mass is 255 g/mol. The molecular weight excluding hydrogens is 242 g/mol. The molecule has 1 atom stereocenters. The molecule has 17 heavy (non-hydrogen) atoms. The van der Waals surface area contributed by atoms with Crippen molar-refractivity contribution in [1.29, 1.82) is 0 Å². The van der Waals surface area contributed by atoms with Gasteiger partial charge in [-0.05, 0) is 12.1 Å². The van der Waals surface area contributed by atoms with Gasteiger partial charge in [0.2, 0.25) is 0 Å². The standard InChI is InChI=1S/C9H11NS.C2H2O4/c1-7-6-10-8-4-2-3-5-9(8)11-7;3-1(4)2(5)6/h2-5,7,10H,6H2,1H3;(H,3,4)(H,5,6). The molecule has 6 heteroatoms. The fourth-order valence-corrected chi connectivity index (χ4v) is 2.25. The average molecular weight is 255 g/mol. The first-order valence-electron chi connectivity index (χ1n) is 4.96. The molecule has 0 aromatic heterocycles. The largest absolute Gasteiger partial charge is 0.473 e. The highest BCUT2D eigenvalue weighted by Crippen LogP contribution is 2.33. The molecule has 1 aromatic carbocycles. The van der Waals surface area contributed by atoms with Crippen molar-refractivity contribution < 1.29 is 19.8 Å². The Bertz CT molecular complexity index is 410. The Morgan fingerprint density at radius 1 is 1.29 bits per heavy atom. The van der Waals surface area contributed by atoms with E-state index in [0.717, 1.165) is 6.54 Å². The van der Waals surface area contributed by atoms with Gasteiger partial charge in [-0.25, -0.2) is 9.59 Å². The number of aliphatic carboxylic acids is 2. The third-order valence-electron chi connectivity index (χ3n) is 1.98. The van der Waals surface area contributed by atoms with Crippen LogP contribution in [-0.4, -0.2) is 33.9 Å². The van der Waals surface area contributed by atoms with Crippen LogP contribution in [0.25, 0.3) is 0 Å². The third-order valence-corrected chi connectivity index (χ3v) is 3.16. The Hall–Kier alpha value is -1.69. The van der Waals surface area contributed by atoms with E-state index in [0.29, 0.717) is 5.25 Å². The molecule has 0 aliphatic carbocycles. The van der Waals surface area contributed by atoms with Crippen molar-refractivity contribution in [2.75, 3.05) is 11.9 Å². The summed E-state index contributed by atoms with van der Waals surface area (Å²) in [6.07, 6.45) is 0. The van der Waals surface area contributed by atoms with E-state index in [4.69, 9.17) is 19.8 Å². The van der Waals surface area contributed by atoms with Gasteiger partial charge in [-0.15, -0.1) is 11.8 Å². The summed E-state index contributed by atoms with van der Waals surface area (Å²) in [4.78, 5) is 19.6. The Morgan fingerprint density at radius 3 is 2.47 bits per heavy atom. The summed E-state index contributed by atoms with van der Waals surface area (Å²) < 4.78 is 0. The number of carboxylic acid groups (broad SMARTS) is 2. The summed E-state index contributed by atoms with van der Waals surface area (Å²) >= 11 is 1.95. The van der Waals surface area contributed by atoms with E-state index in [2.05, 4.69) is 36.5 Å². The number of thioether (sulfide) groups is 1. The smallest absolute Gasteiger partial charge is 0.414 e. The molecular formula is C11H13NO4S. The number of nitrogens with one attached hydrogen (secondary N) is 1. The summed E-state index contributed by atoms with van der Waals surface area (Å²) in [5.41, 5.74) is 1.29. The van der Waals surface area contributed by atoms with Crippen LogP contribution >= 0.6 is 11.8 Å². The maximum Gasteiger partial charge on any atom is 0.414 e. The number of carboxylic acids is 2. The summed E-state index contributed by atoms with van der Waals surface area (Å²) in [5, 5.41) is 18.9. The van der Waals surface area contributed by atoms with Crippen LogP contribution in [0.3, 0.4) is 0 Å². The number of fused-ring (bicyclic) bond motifs is 1. The van der Waals surface area contributed by atoms with Gasteiger partial charge in [0.25, 0.3) is 0 Å². The second kappa shape index (κ2) is 6.15. The van der Waals surface area contributed by atoms with Crippen LogP contribution in [0.15, 0.2) is 29.2 Å². The molecule has 0 fully saturated rings. The number of carbonyl (C=O) groups is 2. The van der Waals surface area contributed by atoms with Gasteiger partial charge >= 0.3 is 11.9 Å². The van der Waals surface area contributed by atoms with E-state index >= 15 is 0 Å². The predicted molar refractivity (Wildman–Crippen MR) is 65.5 cm³/mol. The van der Waals surface area contributed by atoms with E-state index in [1.807, 2.05) is 11.8 Å². The van der Waals surface area contributed by atoms with Crippen LogP contribution in [0, 0.1) is 0 Å². The molecule has 0 bridgehead atoms. The Kier molecular flexibility index (Phi) is 4.84. The van der Waals surface area contributed by atoms with Crippen molar-refractivity contribution in [3.8, 4) is 0 Å². The average Bonchev–Trinajstić information content (AvgIpc) is 2.29. The molecule has 1 aliphatic heterocycles. The van der Waals surface area contributed by atoms with Gasteiger partial charge in [-0.1, -0.05) is 19.1 Å². The molecule has 0 saturated carbocycles. The maximum absolute atomic E-state index is 9.10. The molecule has 92 valence electrons. The van der Waals surface area contributed by atoms with Crippen LogP contribution in [0.1, 0.15) is 6.92 Å². The molecule has 1 heterocycles. The number of rotatable bonds is 0. The zero-order valence-electron chi connectivity index (χ0n) is 9.21. The molecule has 0 amide bonds. The molecule has 0 spiro atoms. The normalized spacial score (nSPS) is 16.9. The van der Waals surface area contributed by atoms with E-state index in [-0.39, 0.29) is 0 Å². The SMILES string of the molecule is CC1CNc2ccccc2S1.O=C(O)C(=O)O. The summed E-state index contributed by atoms with van der Waals surface area (Å²) in [6, 6.07) is 8.46. The number of para-hydroxylation sites is 1. The quantitative estimate of drug-likeness (QED) is 0.612. The lowest BCUT2D eigenvalue weighted by atomic mass is 10.3. The molecule has 1 unspecified atom stereocenters. The minimum Gasteiger partial charge on any atom is -0.473 e. The molecule has 5 nitrogen and oxygen atoms in total. The molecule has 1 aromatic rings. The predicted octanol–water partition coefficient (Wildman–Crippen LogP) is 1.75. The van der Waals surface area contributed by atoms with Crippen molar-refractivity contribution >= 4 is 29.4 Å². The van der Waals surface area contributed by atoms with Gasteiger partial charge in [0.1, 0.15) is 0 Å². The lowest BCUT2D eigenvalue weighted by Gasteiger charge is -2.22.